The Kier molecular flexibility index (Phi) is 6.03. The molecule has 0 N–H and O–H groups in total. The van der Waals surface area contributed by atoms with Crippen molar-refractivity contribution in [3.05, 3.63) is 0 Å². The fourth-order valence-electron chi connectivity index (χ4n) is 3.16. The summed E-state index contributed by atoms with van der Waals surface area (Å²) in [6.45, 7) is 12.0. The molecule has 17 heavy (non-hydrogen) atoms. The first-order valence-electron chi connectivity index (χ1n) is 8.01. The molecular weight excluding hydrogens is 204 g/mol. The van der Waals surface area contributed by atoms with E-state index in [2.05, 4.69) is 34.6 Å². The summed E-state index contributed by atoms with van der Waals surface area (Å²) in [6, 6.07) is 0. The summed E-state index contributed by atoms with van der Waals surface area (Å²) in [5, 5.41) is 0. The van der Waals surface area contributed by atoms with Gasteiger partial charge in [0.1, 0.15) is 0 Å². The molecule has 0 heteroatoms. The molecule has 0 spiro atoms. The van der Waals surface area contributed by atoms with E-state index >= 15 is 0 Å². The monoisotopic (exact) mass is 238 g/mol. The fourth-order valence-corrected chi connectivity index (χ4v) is 3.16. The van der Waals surface area contributed by atoms with Gasteiger partial charge < -0.3 is 0 Å². The zero-order valence-corrected chi connectivity index (χ0v) is 12.9. The Morgan fingerprint density at radius 2 is 1.76 bits per heavy atom. The van der Waals surface area contributed by atoms with Crippen molar-refractivity contribution in [2.75, 3.05) is 0 Å². The lowest BCUT2D eigenvalue weighted by Gasteiger charge is -2.16. The second kappa shape index (κ2) is 6.81. The first-order chi connectivity index (χ1) is 8.01. The summed E-state index contributed by atoms with van der Waals surface area (Å²) in [5.74, 6) is 2.96. The highest BCUT2D eigenvalue weighted by molar-refractivity contribution is 4.98. The minimum Gasteiger partial charge on any atom is -0.0654 e. The third-order valence-corrected chi connectivity index (χ3v) is 5.23. The highest BCUT2D eigenvalue weighted by Gasteiger charge is 2.48. The van der Waals surface area contributed by atoms with Crippen molar-refractivity contribution in [2.24, 2.45) is 23.2 Å². The summed E-state index contributed by atoms with van der Waals surface area (Å²) < 4.78 is 0. The van der Waals surface area contributed by atoms with Crippen molar-refractivity contribution >= 4 is 0 Å². The van der Waals surface area contributed by atoms with Crippen molar-refractivity contribution < 1.29 is 0 Å². The van der Waals surface area contributed by atoms with Crippen LogP contribution in [0.1, 0.15) is 86.0 Å². The van der Waals surface area contributed by atoms with Crippen LogP contribution in [0.15, 0.2) is 0 Å². The van der Waals surface area contributed by atoms with Gasteiger partial charge in [0.15, 0.2) is 0 Å². The van der Waals surface area contributed by atoms with Crippen molar-refractivity contribution in [2.45, 2.75) is 86.0 Å². The van der Waals surface area contributed by atoms with E-state index in [0.717, 1.165) is 23.2 Å². The normalized spacial score (nSPS) is 31.2. The van der Waals surface area contributed by atoms with Gasteiger partial charge in [-0.25, -0.2) is 0 Å². The first-order valence-corrected chi connectivity index (χ1v) is 8.01. The minimum absolute atomic E-state index is 0.732. The number of hydrogen-bond acceptors (Lipinski definition) is 0. The summed E-state index contributed by atoms with van der Waals surface area (Å²) in [7, 11) is 0. The molecule has 4 atom stereocenters. The molecule has 0 radical (unpaired) electrons. The molecular formula is C17H34. The molecule has 0 aliphatic heterocycles. The van der Waals surface area contributed by atoms with E-state index in [1.54, 1.807) is 0 Å². The number of hydrogen-bond donors (Lipinski definition) is 0. The molecule has 0 saturated heterocycles. The maximum absolute atomic E-state index is 2.53. The Labute approximate surface area is 110 Å². The molecule has 1 fully saturated rings. The van der Waals surface area contributed by atoms with E-state index in [0.29, 0.717) is 0 Å². The van der Waals surface area contributed by atoms with Crippen molar-refractivity contribution in [3.63, 3.8) is 0 Å². The third kappa shape index (κ3) is 5.02. The highest BCUT2D eigenvalue weighted by atomic mass is 14.5. The molecule has 4 unspecified atom stereocenters. The van der Waals surface area contributed by atoms with Gasteiger partial charge >= 0.3 is 0 Å². The summed E-state index contributed by atoms with van der Waals surface area (Å²) in [6.07, 6.45) is 11.6. The largest absolute Gasteiger partial charge is 0.0654 e. The summed E-state index contributed by atoms with van der Waals surface area (Å²) in [4.78, 5) is 0. The fraction of sp³-hybridized carbons (Fsp3) is 1.00. The van der Waals surface area contributed by atoms with Crippen molar-refractivity contribution in [1.29, 1.82) is 0 Å². The molecule has 0 aromatic rings. The lowest BCUT2D eigenvalue weighted by molar-refractivity contribution is 0.358. The highest BCUT2D eigenvalue weighted by Crippen LogP contribution is 2.58. The lowest BCUT2D eigenvalue weighted by Crippen LogP contribution is -2.04. The van der Waals surface area contributed by atoms with Crippen LogP contribution < -0.4 is 0 Å². The zero-order valence-electron chi connectivity index (χ0n) is 12.9. The average Bonchev–Trinajstić information content (AvgIpc) is 2.96. The molecule has 1 saturated carbocycles. The predicted octanol–water partition coefficient (Wildman–Crippen LogP) is 6.06. The van der Waals surface area contributed by atoms with Gasteiger partial charge in [-0.2, -0.15) is 0 Å². The molecule has 0 amide bonds. The Hall–Kier alpha value is 0. The molecule has 102 valence electrons. The minimum atomic E-state index is 0.732. The van der Waals surface area contributed by atoms with E-state index in [4.69, 9.17) is 0 Å². The molecule has 0 aromatic heterocycles. The van der Waals surface area contributed by atoms with Gasteiger partial charge in [-0.3, -0.25) is 0 Å². The van der Waals surface area contributed by atoms with Gasteiger partial charge in [0, 0.05) is 0 Å². The maximum atomic E-state index is 2.53. The second-order valence-corrected chi connectivity index (χ2v) is 7.08. The maximum Gasteiger partial charge on any atom is -0.0294 e. The quantitative estimate of drug-likeness (QED) is 0.458. The topological polar surface area (TPSA) is 0 Å². The average molecular weight is 238 g/mol. The van der Waals surface area contributed by atoms with Crippen molar-refractivity contribution in [1.82, 2.24) is 0 Å². The van der Waals surface area contributed by atoms with Gasteiger partial charge in [0.2, 0.25) is 0 Å². The first kappa shape index (κ1) is 15.1. The van der Waals surface area contributed by atoms with Crippen LogP contribution in [0.3, 0.4) is 0 Å². The van der Waals surface area contributed by atoms with Crippen molar-refractivity contribution in [3.8, 4) is 0 Å². The summed E-state index contributed by atoms with van der Waals surface area (Å²) in [5.41, 5.74) is 0.732. The van der Waals surface area contributed by atoms with Gasteiger partial charge in [-0.1, -0.05) is 66.7 Å². The Morgan fingerprint density at radius 3 is 2.35 bits per heavy atom. The predicted molar refractivity (Wildman–Crippen MR) is 78.2 cm³/mol. The standard InChI is InChI=1S/C17H34/c1-6-8-15(4)11-12-17(5)13-16(17)10-9-14(3)7-2/h14-16H,6-13H2,1-5H3. The van der Waals surface area contributed by atoms with Gasteiger partial charge in [-0.05, 0) is 42.4 Å². The van der Waals surface area contributed by atoms with E-state index in [1.807, 2.05) is 0 Å². The van der Waals surface area contributed by atoms with Gasteiger partial charge in [0.25, 0.3) is 0 Å². The van der Waals surface area contributed by atoms with Crippen LogP contribution in [0.2, 0.25) is 0 Å². The number of rotatable bonds is 9. The molecule has 0 nitrogen and oxygen atoms in total. The molecule has 1 aliphatic carbocycles. The summed E-state index contributed by atoms with van der Waals surface area (Å²) >= 11 is 0. The smallest absolute Gasteiger partial charge is 0.0294 e. The van der Waals surface area contributed by atoms with Gasteiger partial charge in [-0.15, -0.1) is 0 Å². The molecule has 1 rings (SSSR count). The molecule has 0 bridgehead atoms. The van der Waals surface area contributed by atoms with Gasteiger partial charge in [0.05, 0.1) is 0 Å². The molecule has 0 aromatic carbocycles. The Morgan fingerprint density at radius 1 is 1.06 bits per heavy atom. The van der Waals surface area contributed by atoms with E-state index in [9.17, 15) is 0 Å². The molecule has 0 heterocycles. The Balaban J connectivity index is 2.14. The van der Waals surface area contributed by atoms with Crippen LogP contribution in [0.4, 0.5) is 0 Å². The SMILES string of the molecule is CCCC(C)CCC1(C)CC1CCC(C)CC. The zero-order chi connectivity index (χ0) is 12.9. The third-order valence-electron chi connectivity index (χ3n) is 5.23. The molecule has 1 aliphatic rings. The van der Waals surface area contributed by atoms with E-state index < -0.39 is 0 Å². The van der Waals surface area contributed by atoms with Crippen LogP contribution in [-0.2, 0) is 0 Å². The van der Waals surface area contributed by atoms with Crippen LogP contribution in [0.25, 0.3) is 0 Å². The van der Waals surface area contributed by atoms with Crippen LogP contribution >= 0.6 is 0 Å². The van der Waals surface area contributed by atoms with E-state index in [1.165, 1.54) is 51.4 Å². The van der Waals surface area contributed by atoms with Crippen LogP contribution in [-0.4, -0.2) is 0 Å². The van der Waals surface area contributed by atoms with Crippen LogP contribution in [0, 0.1) is 23.2 Å². The van der Waals surface area contributed by atoms with E-state index in [-0.39, 0.29) is 0 Å². The van der Waals surface area contributed by atoms with Crippen LogP contribution in [0.5, 0.6) is 0 Å². The Bertz CT molecular complexity index is 208. The lowest BCUT2D eigenvalue weighted by atomic mass is 9.90. The second-order valence-electron chi connectivity index (χ2n) is 7.08.